The first kappa shape index (κ1) is 12.2. The van der Waals surface area contributed by atoms with Crippen molar-refractivity contribution < 1.29 is 9.13 Å². The van der Waals surface area contributed by atoms with Gasteiger partial charge in [0.2, 0.25) is 0 Å². The van der Waals surface area contributed by atoms with Gasteiger partial charge in [-0.05, 0) is 34.1 Å². The van der Waals surface area contributed by atoms with Gasteiger partial charge >= 0.3 is 0 Å². The number of benzene rings is 2. The number of rotatable bonds is 2. The van der Waals surface area contributed by atoms with Gasteiger partial charge in [-0.25, -0.2) is 4.39 Å². The molecule has 0 atom stereocenters. The molecule has 0 heterocycles. The second-order valence-corrected chi connectivity index (χ2v) is 4.60. The quantitative estimate of drug-likeness (QED) is 0.821. The van der Waals surface area contributed by atoms with Crippen LogP contribution in [0.2, 0.25) is 5.02 Å². The Morgan fingerprint density at radius 3 is 2.59 bits per heavy atom. The van der Waals surface area contributed by atoms with Crippen LogP contribution in [0, 0.1) is 5.82 Å². The van der Waals surface area contributed by atoms with Crippen LogP contribution in [0.25, 0.3) is 0 Å². The number of hydrogen-bond acceptors (Lipinski definition) is 2. The van der Waals surface area contributed by atoms with Crippen molar-refractivity contribution >= 4 is 33.2 Å². The second kappa shape index (κ2) is 4.94. The van der Waals surface area contributed by atoms with Gasteiger partial charge in [0.05, 0.1) is 15.2 Å². The minimum absolute atomic E-state index is 0.0259. The highest BCUT2D eigenvalue weighted by atomic mass is 79.9. The summed E-state index contributed by atoms with van der Waals surface area (Å²) < 4.78 is 19.5. The van der Waals surface area contributed by atoms with Crippen molar-refractivity contribution in [1.82, 2.24) is 0 Å². The van der Waals surface area contributed by atoms with Crippen molar-refractivity contribution in [3.8, 4) is 11.5 Å². The molecule has 2 N–H and O–H groups in total. The molecule has 0 amide bonds. The van der Waals surface area contributed by atoms with Gasteiger partial charge in [-0.1, -0.05) is 23.7 Å². The first-order valence-corrected chi connectivity index (χ1v) is 5.92. The van der Waals surface area contributed by atoms with Gasteiger partial charge in [0.1, 0.15) is 11.6 Å². The average molecular weight is 317 g/mol. The van der Waals surface area contributed by atoms with Crippen LogP contribution in [0.3, 0.4) is 0 Å². The molecule has 0 aromatic heterocycles. The van der Waals surface area contributed by atoms with Gasteiger partial charge in [-0.15, -0.1) is 0 Å². The summed E-state index contributed by atoms with van der Waals surface area (Å²) >= 11 is 8.93. The lowest BCUT2D eigenvalue weighted by molar-refractivity contribution is 0.476. The molecular weight excluding hydrogens is 308 g/mol. The molecule has 0 aliphatic heterocycles. The summed E-state index contributed by atoms with van der Waals surface area (Å²) in [6.45, 7) is 0. The van der Waals surface area contributed by atoms with Gasteiger partial charge in [-0.3, -0.25) is 0 Å². The minimum atomic E-state index is -0.567. The number of halogens is 3. The van der Waals surface area contributed by atoms with E-state index in [-0.39, 0.29) is 16.5 Å². The largest absolute Gasteiger partial charge is 0.454 e. The fraction of sp³-hybridized carbons (Fsp3) is 0. The lowest BCUT2D eigenvalue weighted by atomic mass is 10.3. The minimum Gasteiger partial charge on any atom is -0.454 e. The smallest absolute Gasteiger partial charge is 0.153 e. The normalized spacial score (nSPS) is 10.3. The molecule has 2 aromatic carbocycles. The Balaban J connectivity index is 2.37. The molecule has 5 heteroatoms. The first-order chi connectivity index (χ1) is 8.08. The highest BCUT2D eigenvalue weighted by Crippen LogP contribution is 2.34. The second-order valence-electron chi connectivity index (χ2n) is 3.34. The Morgan fingerprint density at radius 2 is 1.88 bits per heavy atom. The Bertz CT molecular complexity index is 562. The van der Waals surface area contributed by atoms with Crippen LogP contribution in [-0.2, 0) is 0 Å². The Labute approximate surface area is 111 Å². The first-order valence-electron chi connectivity index (χ1n) is 4.75. The van der Waals surface area contributed by atoms with E-state index in [0.29, 0.717) is 5.75 Å². The zero-order valence-corrected chi connectivity index (χ0v) is 10.9. The van der Waals surface area contributed by atoms with Gasteiger partial charge < -0.3 is 10.5 Å². The van der Waals surface area contributed by atoms with Crippen LogP contribution < -0.4 is 10.5 Å². The summed E-state index contributed by atoms with van der Waals surface area (Å²) in [5.74, 6) is 0.225. The molecular formula is C12H8BrClFNO. The van der Waals surface area contributed by atoms with Crippen LogP contribution in [0.1, 0.15) is 0 Å². The van der Waals surface area contributed by atoms with Crippen molar-refractivity contribution in [3.05, 3.63) is 51.7 Å². The van der Waals surface area contributed by atoms with Crippen molar-refractivity contribution in [3.63, 3.8) is 0 Å². The number of anilines is 1. The topological polar surface area (TPSA) is 35.2 Å². The number of ether oxygens (including phenoxy) is 1. The SMILES string of the molecule is Nc1cc(Cl)c(F)cc1Oc1ccccc1Br. The predicted octanol–water partition coefficient (Wildman–Crippen LogP) is 4.62. The Morgan fingerprint density at radius 1 is 1.18 bits per heavy atom. The summed E-state index contributed by atoms with van der Waals surface area (Å²) in [4.78, 5) is 0. The van der Waals surface area contributed by atoms with Crippen molar-refractivity contribution in [2.24, 2.45) is 0 Å². The fourth-order valence-electron chi connectivity index (χ4n) is 1.28. The zero-order valence-electron chi connectivity index (χ0n) is 8.58. The Hall–Kier alpha value is -1.26. The molecule has 0 aliphatic rings. The lowest BCUT2D eigenvalue weighted by Crippen LogP contribution is -1.94. The van der Waals surface area contributed by atoms with Crippen LogP contribution >= 0.6 is 27.5 Å². The third-order valence-electron chi connectivity index (χ3n) is 2.11. The molecule has 2 aromatic rings. The van der Waals surface area contributed by atoms with E-state index in [1.807, 2.05) is 18.2 Å². The highest BCUT2D eigenvalue weighted by molar-refractivity contribution is 9.10. The molecule has 17 heavy (non-hydrogen) atoms. The van der Waals surface area contributed by atoms with Crippen molar-refractivity contribution in [2.75, 3.05) is 5.73 Å². The van der Waals surface area contributed by atoms with Crippen LogP contribution in [0.4, 0.5) is 10.1 Å². The van der Waals surface area contributed by atoms with Crippen LogP contribution in [0.5, 0.6) is 11.5 Å². The molecule has 0 unspecified atom stereocenters. The van der Waals surface area contributed by atoms with E-state index in [1.165, 1.54) is 6.07 Å². The van der Waals surface area contributed by atoms with Gasteiger partial charge in [0.15, 0.2) is 5.75 Å². The van der Waals surface area contributed by atoms with Crippen molar-refractivity contribution in [1.29, 1.82) is 0 Å². The molecule has 88 valence electrons. The maximum Gasteiger partial charge on any atom is 0.153 e. The molecule has 0 aliphatic carbocycles. The summed E-state index contributed by atoms with van der Waals surface area (Å²) in [5, 5.41) is -0.0259. The van der Waals surface area contributed by atoms with Gasteiger partial charge in [0, 0.05) is 6.07 Å². The maximum atomic E-state index is 13.3. The van der Waals surface area contributed by atoms with Crippen molar-refractivity contribution in [2.45, 2.75) is 0 Å². The monoisotopic (exact) mass is 315 g/mol. The maximum absolute atomic E-state index is 13.3. The van der Waals surface area contributed by atoms with E-state index in [9.17, 15) is 4.39 Å². The van der Waals surface area contributed by atoms with E-state index in [2.05, 4.69) is 15.9 Å². The zero-order chi connectivity index (χ0) is 12.4. The molecule has 0 saturated carbocycles. The molecule has 0 saturated heterocycles. The van der Waals surface area contributed by atoms with E-state index < -0.39 is 5.82 Å². The Kier molecular flexibility index (Phi) is 3.54. The fourth-order valence-corrected chi connectivity index (χ4v) is 1.82. The third kappa shape index (κ3) is 2.70. The lowest BCUT2D eigenvalue weighted by Gasteiger charge is -2.10. The molecule has 0 spiro atoms. The molecule has 0 fully saturated rings. The molecule has 0 bridgehead atoms. The van der Waals surface area contributed by atoms with E-state index in [0.717, 1.165) is 10.5 Å². The van der Waals surface area contributed by atoms with E-state index in [4.69, 9.17) is 22.1 Å². The highest BCUT2D eigenvalue weighted by Gasteiger charge is 2.09. The molecule has 0 radical (unpaired) electrons. The standard InChI is InChI=1S/C12H8BrClFNO/c13-7-3-1-2-4-11(7)17-12-6-9(15)8(14)5-10(12)16/h1-6H,16H2. The average Bonchev–Trinajstić information content (AvgIpc) is 2.29. The summed E-state index contributed by atoms with van der Waals surface area (Å²) in [6.07, 6.45) is 0. The molecule has 2 rings (SSSR count). The van der Waals surface area contributed by atoms with E-state index >= 15 is 0 Å². The van der Waals surface area contributed by atoms with Gasteiger partial charge in [-0.2, -0.15) is 0 Å². The predicted molar refractivity (Wildman–Crippen MR) is 70.0 cm³/mol. The number of nitrogens with two attached hydrogens (primary N) is 1. The number of para-hydroxylation sites is 1. The van der Waals surface area contributed by atoms with Crippen LogP contribution in [0.15, 0.2) is 40.9 Å². The summed E-state index contributed by atoms with van der Waals surface area (Å²) in [7, 11) is 0. The van der Waals surface area contributed by atoms with E-state index in [1.54, 1.807) is 6.07 Å². The third-order valence-corrected chi connectivity index (χ3v) is 3.05. The summed E-state index contributed by atoms with van der Waals surface area (Å²) in [5.41, 5.74) is 5.98. The number of nitrogen functional groups attached to an aromatic ring is 1. The van der Waals surface area contributed by atoms with Crippen LogP contribution in [-0.4, -0.2) is 0 Å². The number of hydrogen-bond donors (Lipinski definition) is 1. The van der Waals surface area contributed by atoms with Gasteiger partial charge in [0.25, 0.3) is 0 Å². The molecule has 2 nitrogen and oxygen atoms in total. The summed E-state index contributed by atoms with van der Waals surface area (Å²) in [6, 6.07) is 9.71.